The van der Waals surface area contributed by atoms with Crippen molar-refractivity contribution < 1.29 is 9.53 Å². The third-order valence-corrected chi connectivity index (χ3v) is 5.73. The number of nitrogens with one attached hydrogen (secondary N) is 1. The largest absolute Gasteiger partial charge is 0.489 e. The molecule has 6 heteroatoms. The Labute approximate surface area is 199 Å². The van der Waals surface area contributed by atoms with Crippen LogP contribution >= 0.6 is 11.6 Å². The van der Waals surface area contributed by atoms with Gasteiger partial charge in [-0.15, -0.1) is 0 Å². The average Bonchev–Trinajstić information content (AvgIpc) is 3.07. The molecule has 0 unspecified atom stereocenters. The van der Waals surface area contributed by atoms with E-state index >= 15 is 0 Å². The van der Waals surface area contributed by atoms with Crippen molar-refractivity contribution in [2.45, 2.75) is 33.9 Å². The molecule has 1 aromatic heterocycles. The fraction of sp³-hybridized carbons (Fsp3) is 0.185. The number of anilines is 1. The van der Waals surface area contributed by atoms with Crippen molar-refractivity contribution in [1.82, 2.24) is 9.78 Å². The van der Waals surface area contributed by atoms with Gasteiger partial charge in [0, 0.05) is 10.6 Å². The molecule has 0 saturated carbocycles. The van der Waals surface area contributed by atoms with Crippen molar-refractivity contribution in [3.8, 4) is 5.75 Å². The number of hydrogen-bond acceptors (Lipinski definition) is 3. The highest BCUT2D eigenvalue weighted by atomic mass is 35.5. The molecule has 1 heterocycles. The first-order chi connectivity index (χ1) is 15.9. The van der Waals surface area contributed by atoms with Crippen LogP contribution in [0.25, 0.3) is 0 Å². The van der Waals surface area contributed by atoms with Gasteiger partial charge in [-0.2, -0.15) is 5.10 Å². The van der Waals surface area contributed by atoms with Gasteiger partial charge in [-0.1, -0.05) is 59.6 Å². The summed E-state index contributed by atoms with van der Waals surface area (Å²) < 4.78 is 7.68. The van der Waals surface area contributed by atoms with Crippen LogP contribution in [0, 0.1) is 20.8 Å². The normalized spacial score (nSPS) is 10.8. The lowest BCUT2D eigenvalue weighted by Gasteiger charge is -2.09. The lowest BCUT2D eigenvalue weighted by molar-refractivity contribution is 0.102. The molecule has 3 aromatic carbocycles. The first-order valence-electron chi connectivity index (χ1n) is 10.8. The van der Waals surface area contributed by atoms with Gasteiger partial charge in [0.15, 0.2) is 0 Å². The van der Waals surface area contributed by atoms with Crippen molar-refractivity contribution in [3.05, 3.63) is 111 Å². The van der Waals surface area contributed by atoms with Gasteiger partial charge >= 0.3 is 0 Å². The number of rotatable bonds is 7. The van der Waals surface area contributed by atoms with E-state index in [0.717, 1.165) is 22.6 Å². The number of hydrogen-bond donors (Lipinski definition) is 1. The summed E-state index contributed by atoms with van der Waals surface area (Å²) >= 11 is 5.99. The zero-order chi connectivity index (χ0) is 23.4. The number of carbonyl (C=O) groups is 1. The molecule has 0 spiro atoms. The lowest BCUT2D eigenvalue weighted by atomic mass is 10.1. The molecule has 0 fully saturated rings. The first kappa shape index (κ1) is 22.6. The van der Waals surface area contributed by atoms with Crippen molar-refractivity contribution >= 4 is 23.2 Å². The third kappa shape index (κ3) is 5.62. The van der Waals surface area contributed by atoms with E-state index in [2.05, 4.69) is 41.6 Å². The molecule has 4 aromatic rings. The van der Waals surface area contributed by atoms with Crippen LogP contribution in [0.3, 0.4) is 0 Å². The molecule has 0 aliphatic carbocycles. The van der Waals surface area contributed by atoms with Crippen LogP contribution in [-0.2, 0) is 13.2 Å². The smallest absolute Gasteiger partial charge is 0.255 e. The summed E-state index contributed by atoms with van der Waals surface area (Å²) in [6.45, 7) is 7.00. The fourth-order valence-electron chi connectivity index (χ4n) is 3.56. The maximum absolute atomic E-state index is 12.9. The summed E-state index contributed by atoms with van der Waals surface area (Å²) in [7, 11) is 0. The Morgan fingerprint density at radius 3 is 2.36 bits per heavy atom. The van der Waals surface area contributed by atoms with Crippen LogP contribution in [0.1, 0.15) is 38.4 Å². The molecule has 0 atom stereocenters. The molecule has 1 N–H and O–H groups in total. The second-order valence-electron chi connectivity index (χ2n) is 8.09. The van der Waals surface area contributed by atoms with E-state index in [4.69, 9.17) is 16.3 Å². The van der Waals surface area contributed by atoms with Crippen LogP contribution < -0.4 is 10.1 Å². The standard InChI is InChI=1S/C27H26ClN3O2/c1-18-7-9-21(10-8-18)16-31-20(3)26(19(2)30-31)29-27(32)23-13-11-22(12-14-23)17-33-25-6-4-5-24(28)15-25/h4-15H,16-17H2,1-3H3,(H,29,32). The zero-order valence-electron chi connectivity index (χ0n) is 18.9. The molecule has 0 aliphatic heterocycles. The number of benzene rings is 3. The van der Waals surface area contributed by atoms with Crippen LogP contribution in [0.2, 0.25) is 5.02 Å². The van der Waals surface area contributed by atoms with E-state index in [-0.39, 0.29) is 5.91 Å². The van der Waals surface area contributed by atoms with Crippen LogP contribution in [0.15, 0.2) is 72.8 Å². The maximum Gasteiger partial charge on any atom is 0.255 e. The number of halogens is 1. The van der Waals surface area contributed by atoms with Crippen molar-refractivity contribution in [2.75, 3.05) is 5.32 Å². The summed E-state index contributed by atoms with van der Waals surface area (Å²) in [6.07, 6.45) is 0. The number of aryl methyl sites for hydroxylation is 2. The summed E-state index contributed by atoms with van der Waals surface area (Å²) in [5, 5.41) is 8.28. The Hall–Kier alpha value is -3.57. The van der Waals surface area contributed by atoms with Crippen LogP contribution in [0.4, 0.5) is 5.69 Å². The number of carbonyl (C=O) groups excluding carboxylic acids is 1. The quantitative estimate of drug-likeness (QED) is 0.350. The molecular weight excluding hydrogens is 434 g/mol. The molecule has 5 nitrogen and oxygen atoms in total. The molecule has 0 saturated heterocycles. The van der Waals surface area contributed by atoms with E-state index in [1.807, 2.05) is 42.8 Å². The Morgan fingerprint density at radius 2 is 1.67 bits per heavy atom. The lowest BCUT2D eigenvalue weighted by Crippen LogP contribution is -2.13. The zero-order valence-corrected chi connectivity index (χ0v) is 19.7. The summed E-state index contributed by atoms with van der Waals surface area (Å²) in [6, 6.07) is 23.0. The van der Waals surface area contributed by atoms with E-state index in [1.165, 1.54) is 11.1 Å². The first-order valence-corrected chi connectivity index (χ1v) is 11.1. The van der Waals surface area contributed by atoms with E-state index in [1.54, 1.807) is 24.3 Å². The van der Waals surface area contributed by atoms with E-state index in [0.29, 0.717) is 29.5 Å². The third-order valence-electron chi connectivity index (χ3n) is 5.49. The Bertz CT molecular complexity index is 1260. The maximum atomic E-state index is 12.9. The predicted molar refractivity (Wildman–Crippen MR) is 132 cm³/mol. The van der Waals surface area contributed by atoms with Gasteiger partial charge in [0.2, 0.25) is 0 Å². The van der Waals surface area contributed by atoms with Gasteiger partial charge in [-0.05, 0) is 62.2 Å². The van der Waals surface area contributed by atoms with Gasteiger partial charge in [-0.3, -0.25) is 9.48 Å². The molecule has 168 valence electrons. The number of nitrogens with zero attached hydrogens (tertiary/aromatic N) is 2. The topological polar surface area (TPSA) is 56.2 Å². The predicted octanol–water partition coefficient (Wildman–Crippen LogP) is 6.34. The SMILES string of the molecule is Cc1ccc(Cn2nc(C)c(NC(=O)c3ccc(COc4cccc(Cl)c4)cc3)c2C)cc1. The highest BCUT2D eigenvalue weighted by molar-refractivity contribution is 6.30. The summed E-state index contributed by atoms with van der Waals surface area (Å²) in [5.74, 6) is 0.538. The van der Waals surface area contributed by atoms with E-state index < -0.39 is 0 Å². The van der Waals surface area contributed by atoms with Crippen molar-refractivity contribution in [3.63, 3.8) is 0 Å². The second-order valence-corrected chi connectivity index (χ2v) is 8.52. The number of amides is 1. The average molecular weight is 460 g/mol. The van der Waals surface area contributed by atoms with Crippen molar-refractivity contribution in [2.24, 2.45) is 0 Å². The molecule has 0 bridgehead atoms. The van der Waals surface area contributed by atoms with Gasteiger partial charge in [0.1, 0.15) is 12.4 Å². The number of aromatic nitrogens is 2. The minimum Gasteiger partial charge on any atom is -0.489 e. The molecule has 0 radical (unpaired) electrons. The Balaban J connectivity index is 1.40. The van der Waals surface area contributed by atoms with Crippen LogP contribution in [-0.4, -0.2) is 15.7 Å². The number of ether oxygens (including phenoxy) is 1. The molecule has 1 amide bonds. The highest BCUT2D eigenvalue weighted by Crippen LogP contribution is 2.22. The summed E-state index contributed by atoms with van der Waals surface area (Å²) in [5.41, 5.74) is 6.39. The van der Waals surface area contributed by atoms with Crippen LogP contribution in [0.5, 0.6) is 5.75 Å². The van der Waals surface area contributed by atoms with Gasteiger partial charge in [-0.25, -0.2) is 0 Å². The molecular formula is C27H26ClN3O2. The monoisotopic (exact) mass is 459 g/mol. The minimum atomic E-state index is -0.168. The van der Waals surface area contributed by atoms with Gasteiger partial charge in [0.25, 0.3) is 5.91 Å². The molecule has 0 aliphatic rings. The highest BCUT2D eigenvalue weighted by Gasteiger charge is 2.15. The Morgan fingerprint density at radius 1 is 0.970 bits per heavy atom. The fourth-order valence-corrected chi connectivity index (χ4v) is 3.74. The van der Waals surface area contributed by atoms with E-state index in [9.17, 15) is 4.79 Å². The van der Waals surface area contributed by atoms with Gasteiger partial charge in [0.05, 0.1) is 23.6 Å². The minimum absolute atomic E-state index is 0.168. The summed E-state index contributed by atoms with van der Waals surface area (Å²) in [4.78, 5) is 12.9. The molecule has 4 rings (SSSR count). The Kier molecular flexibility index (Phi) is 6.80. The van der Waals surface area contributed by atoms with Gasteiger partial charge < -0.3 is 10.1 Å². The van der Waals surface area contributed by atoms with Crippen molar-refractivity contribution in [1.29, 1.82) is 0 Å². The molecule has 33 heavy (non-hydrogen) atoms. The second kappa shape index (κ2) is 9.92.